The van der Waals surface area contributed by atoms with Crippen LogP contribution in [0.25, 0.3) is 4.85 Å². The number of nitrogens with zero attached hydrogens (tertiary/aromatic N) is 1. The molecule has 3 nitrogen and oxygen atoms in total. The summed E-state index contributed by atoms with van der Waals surface area (Å²) in [5.74, 6) is 0.0525. The van der Waals surface area contributed by atoms with Crippen molar-refractivity contribution in [3.8, 4) is 6.07 Å². The molecule has 3 heteroatoms. The van der Waals surface area contributed by atoms with E-state index in [9.17, 15) is 4.79 Å². The molecule has 0 spiro atoms. The second-order valence-corrected chi connectivity index (χ2v) is 3.51. The summed E-state index contributed by atoms with van der Waals surface area (Å²) in [4.78, 5) is 15.0. The lowest BCUT2D eigenvalue weighted by Crippen LogP contribution is -2.25. The summed E-state index contributed by atoms with van der Waals surface area (Å²) in [5, 5.41) is 2.80. The molecular weight excluding hydrogens is 188 g/mol. The van der Waals surface area contributed by atoms with Crippen molar-refractivity contribution in [2.75, 3.05) is 7.05 Å². The highest BCUT2D eigenvalue weighted by Crippen LogP contribution is 1.95. The van der Waals surface area contributed by atoms with E-state index in [4.69, 9.17) is 0 Å². The fourth-order valence-corrected chi connectivity index (χ4v) is 0.805. The normalized spacial score (nSPS) is 11.4. The van der Waals surface area contributed by atoms with E-state index in [2.05, 4.69) is 16.2 Å². The Morgan fingerprint density at radius 2 is 2.20 bits per heavy atom. The zero-order valence-corrected chi connectivity index (χ0v) is 9.87. The first kappa shape index (κ1) is 13.4. The summed E-state index contributed by atoms with van der Waals surface area (Å²) in [6.07, 6.45) is 6.36. The molecule has 82 valence electrons. The van der Waals surface area contributed by atoms with E-state index in [1.54, 1.807) is 7.05 Å². The molecule has 0 aromatic carbocycles. The molecule has 0 saturated carbocycles. The first-order chi connectivity index (χ1) is 7.07. The molecule has 0 rings (SSSR count). The van der Waals surface area contributed by atoms with Gasteiger partial charge in [-0.2, -0.15) is 0 Å². The van der Waals surface area contributed by atoms with Crippen molar-refractivity contribution in [3.63, 3.8) is 0 Å². The van der Waals surface area contributed by atoms with Gasteiger partial charge in [0, 0.05) is 11.6 Å². The first-order valence-electron chi connectivity index (χ1n) is 5.04. The fourth-order valence-electron chi connectivity index (χ4n) is 0.805. The van der Waals surface area contributed by atoms with Crippen molar-refractivity contribution in [3.05, 3.63) is 28.8 Å². The number of carbonyl (C=O) groups excluding carboxylic acids is 1. The van der Waals surface area contributed by atoms with E-state index in [0.29, 0.717) is 6.42 Å². The Hall–Kier alpha value is -1.56. The molecule has 0 aromatic rings. The van der Waals surface area contributed by atoms with Crippen LogP contribution < -0.4 is 5.32 Å². The van der Waals surface area contributed by atoms with Crippen LogP contribution >= 0.6 is 0 Å². The van der Waals surface area contributed by atoms with Crippen LogP contribution in [0.1, 0.15) is 27.2 Å². The molecule has 0 atom stereocenters. The van der Waals surface area contributed by atoms with Crippen molar-refractivity contribution >= 4 is 5.91 Å². The summed E-state index contributed by atoms with van der Waals surface area (Å²) < 4.78 is 0. The zero-order chi connectivity index (χ0) is 11.7. The van der Waals surface area contributed by atoms with Gasteiger partial charge in [0.05, 0.1) is 6.42 Å². The van der Waals surface area contributed by atoms with Crippen LogP contribution in [-0.2, 0) is 4.79 Å². The molecule has 0 fully saturated rings. The number of carbonyl (C=O) groups is 1. The van der Waals surface area contributed by atoms with Crippen LogP contribution in [0.15, 0.2) is 23.9 Å². The zero-order valence-electron chi connectivity index (χ0n) is 9.87. The molecule has 15 heavy (non-hydrogen) atoms. The topological polar surface area (TPSA) is 33.5 Å². The monoisotopic (exact) mass is 207 g/mol. The lowest BCUT2D eigenvalue weighted by molar-refractivity contribution is -0.123. The fraction of sp³-hybridized carbons (Fsp3) is 0.500. The van der Waals surface area contributed by atoms with E-state index in [0.717, 1.165) is 5.70 Å². The number of hydrogen-bond acceptors (Lipinski definition) is 1. The van der Waals surface area contributed by atoms with Crippen molar-refractivity contribution in [1.29, 1.82) is 0 Å². The average molecular weight is 207 g/mol. The predicted octanol–water partition coefficient (Wildman–Crippen LogP) is 2.57. The Bertz CT molecular complexity index is 316. The van der Waals surface area contributed by atoms with E-state index >= 15 is 0 Å². The summed E-state index contributed by atoms with van der Waals surface area (Å²) in [6.45, 7) is 5.60. The summed E-state index contributed by atoms with van der Waals surface area (Å²) in [5.41, 5.74) is 0.846. The molecule has 0 aromatic heterocycles. The van der Waals surface area contributed by atoms with Crippen LogP contribution in [0, 0.1) is 12.0 Å². The van der Waals surface area contributed by atoms with Crippen molar-refractivity contribution in [1.82, 2.24) is 5.32 Å². The Morgan fingerprint density at radius 3 is 2.73 bits per heavy atom. The maximum atomic E-state index is 11.3. The van der Waals surface area contributed by atoms with Crippen LogP contribution in [0.4, 0.5) is 0 Å². The Kier molecular flexibility index (Phi) is 7.00. The molecule has 0 unspecified atom stereocenters. The van der Waals surface area contributed by atoms with Gasteiger partial charge in [0.2, 0.25) is 5.91 Å². The second-order valence-electron chi connectivity index (χ2n) is 3.51. The first-order valence-corrected chi connectivity index (χ1v) is 5.04. The van der Waals surface area contributed by atoms with E-state index in [1.807, 2.05) is 39.0 Å². The summed E-state index contributed by atoms with van der Waals surface area (Å²) in [7, 11) is 1.69. The largest absolute Gasteiger partial charge is 0.330 e. The third kappa shape index (κ3) is 7.51. The highest BCUT2D eigenvalue weighted by Gasteiger charge is 2.05. The molecule has 0 heterocycles. The molecular formula is C12H19N2O+. The quantitative estimate of drug-likeness (QED) is 0.706. The van der Waals surface area contributed by atoms with Crippen molar-refractivity contribution < 1.29 is 4.79 Å². The van der Waals surface area contributed by atoms with Crippen LogP contribution in [0.3, 0.4) is 0 Å². The Labute approximate surface area is 91.7 Å². The second kappa shape index (κ2) is 7.81. The third-order valence-corrected chi connectivity index (χ3v) is 1.69. The van der Waals surface area contributed by atoms with E-state index < -0.39 is 0 Å². The number of allylic oxidation sites excluding steroid dienone is 4. The van der Waals surface area contributed by atoms with E-state index in [-0.39, 0.29) is 11.8 Å². The van der Waals surface area contributed by atoms with Crippen molar-refractivity contribution in [2.45, 2.75) is 27.2 Å². The minimum absolute atomic E-state index is 0.0119. The van der Waals surface area contributed by atoms with Gasteiger partial charge in [0.1, 0.15) is 0 Å². The van der Waals surface area contributed by atoms with Gasteiger partial charge >= 0.3 is 0 Å². The minimum Gasteiger partial charge on any atom is -0.330 e. The molecule has 0 saturated heterocycles. The number of rotatable bonds is 4. The van der Waals surface area contributed by atoms with Gasteiger partial charge in [-0.3, -0.25) is 4.79 Å². The maximum absolute atomic E-state index is 11.3. The molecule has 1 amide bonds. The van der Waals surface area contributed by atoms with Crippen LogP contribution in [0.2, 0.25) is 0 Å². The lowest BCUT2D eigenvalue weighted by atomic mass is 10.2. The SMILES string of the molecule is C[N+]#CCC=CC=C(C)NC(=O)C(C)C. The van der Waals surface area contributed by atoms with Gasteiger partial charge in [0.25, 0.3) is 13.1 Å². The molecule has 0 radical (unpaired) electrons. The molecule has 0 aliphatic rings. The highest BCUT2D eigenvalue weighted by molar-refractivity contribution is 5.79. The third-order valence-electron chi connectivity index (χ3n) is 1.69. The summed E-state index contributed by atoms with van der Waals surface area (Å²) >= 11 is 0. The van der Waals surface area contributed by atoms with Crippen molar-refractivity contribution in [2.24, 2.45) is 5.92 Å². The maximum Gasteiger partial charge on any atom is 0.276 e. The molecule has 1 N–H and O–H groups in total. The highest BCUT2D eigenvalue weighted by atomic mass is 16.1. The Morgan fingerprint density at radius 1 is 1.53 bits per heavy atom. The van der Waals surface area contributed by atoms with E-state index in [1.165, 1.54) is 0 Å². The van der Waals surface area contributed by atoms with Crippen LogP contribution in [0.5, 0.6) is 0 Å². The van der Waals surface area contributed by atoms with Gasteiger partial charge in [0.15, 0.2) is 0 Å². The van der Waals surface area contributed by atoms with Gasteiger partial charge < -0.3 is 5.32 Å². The standard InChI is InChI=1S/C12H18N2O/c1-10(2)12(15)14-11(3)8-6-5-7-9-13-4/h5-6,8,10H,7H2,1-4H3/p+1. The summed E-state index contributed by atoms with van der Waals surface area (Å²) in [6, 6.07) is 2.80. The number of hydrogen-bond donors (Lipinski definition) is 1. The smallest absolute Gasteiger partial charge is 0.276 e. The van der Waals surface area contributed by atoms with Gasteiger partial charge in [-0.25, -0.2) is 0 Å². The molecule has 0 aliphatic heterocycles. The molecule has 0 bridgehead atoms. The lowest BCUT2D eigenvalue weighted by Gasteiger charge is -2.06. The van der Waals surface area contributed by atoms with Gasteiger partial charge in [-0.05, 0) is 13.0 Å². The number of amides is 1. The molecule has 0 aliphatic carbocycles. The minimum atomic E-state index is 0.0119. The van der Waals surface area contributed by atoms with Gasteiger partial charge in [-0.15, -0.1) is 0 Å². The van der Waals surface area contributed by atoms with Crippen LogP contribution in [-0.4, -0.2) is 13.0 Å². The predicted molar refractivity (Wildman–Crippen MR) is 63.7 cm³/mol. The Balaban J connectivity index is 4.02. The van der Waals surface area contributed by atoms with Gasteiger partial charge in [-0.1, -0.05) is 30.8 Å². The average Bonchev–Trinajstić information content (AvgIpc) is 2.17. The number of nitrogens with one attached hydrogen (secondary N) is 1.